The minimum absolute atomic E-state index is 0.201. The van der Waals surface area contributed by atoms with Crippen molar-refractivity contribution in [1.29, 1.82) is 0 Å². The van der Waals surface area contributed by atoms with Gasteiger partial charge in [-0.15, -0.1) is 0 Å². The van der Waals surface area contributed by atoms with Gasteiger partial charge >= 0.3 is 0 Å². The van der Waals surface area contributed by atoms with Crippen LogP contribution >= 0.6 is 0 Å². The lowest BCUT2D eigenvalue weighted by Gasteiger charge is -1.87. The summed E-state index contributed by atoms with van der Waals surface area (Å²) in [5.74, 6) is 0.201. The fourth-order valence-corrected chi connectivity index (χ4v) is 0.542. The summed E-state index contributed by atoms with van der Waals surface area (Å²) in [5.41, 5.74) is 0. The van der Waals surface area contributed by atoms with E-state index in [2.05, 4.69) is 6.92 Å². The molecule has 1 aliphatic heterocycles. The van der Waals surface area contributed by atoms with Crippen LogP contribution < -0.4 is 0 Å². The summed E-state index contributed by atoms with van der Waals surface area (Å²) in [6, 6.07) is 0. The molecule has 0 aliphatic carbocycles. The van der Waals surface area contributed by atoms with E-state index in [0.29, 0.717) is 12.8 Å². The van der Waals surface area contributed by atoms with Crippen LogP contribution in [-0.4, -0.2) is 18.5 Å². The molecule has 1 atom stereocenters. The van der Waals surface area contributed by atoms with E-state index in [1.165, 1.54) is 0 Å². The number of hydrogen-bond donors (Lipinski definition) is 0. The van der Waals surface area contributed by atoms with Gasteiger partial charge in [-0.05, 0) is 6.92 Å². The summed E-state index contributed by atoms with van der Waals surface area (Å²) >= 11 is 0. The molecule has 45 valence electrons. The summed E-state index contributed by atoms with van der Waals surface area (Å²) in [7, 11) is 0. The van der Waals surface area contributed by atoms with Gasteiger partial charge in [-0.1, -0.05) is 0 Å². The fraction of sp³-hybridized carbons (Fsp3) is 0.667. The van der Waals surface area contributed by atoms with Crippen molar-refractivity contribution < 1.29 is 9.53 Å². The number of hydrogen-bond acceptors (Lipinski definition) is 2. The Morgan fingerprint density at radius 3 is 2.88 bits per heavy atom. The first kappa shape index (κ1) is 5.76. The molecule has 0 aromatic heterocycles. The third-order valence-corrected chi connectivity index (χ3v) is 1.14. The molecule has 2 heteroatoms. The van der Waals surface area contributed by atoms with Gasteiger partial charge in [0.1, 0.15) is 5.78 Å². The molecule has 0 aromatic carbocycles. The Morgan fingerprint density at radius 2 is 2.50 bits per heavy atom. The average molecular weight is 113 g/mol. The van der Waals surface area contributed by atoms with Crippen LogP contribution in [0.25, 0.3) is 0 Å². The minimum atomic E-state index is 0.201. The van der Waals surface area contributed by atoms with E-state index < -0.39 is 0 Å². The van der Waals surface area contributed by atoms with Crippen LogP contribution in [0.15, 0.2) is 0 Å². The van der Waals surface area contributed by atoms with Crippen LogP contribution in [0.3, 0.4) is 0 Å². The number of carbonyl (C=O) groups excluding carboxylic acids is 1. The molecule has 0 bridgehead atoms. The van der Waals surface area contributed by atoms with Gasteiger partial charge in [0, 0.05) is 12.8 Å². The van der Waals surface area contributed by atoms with Crippen molar-refractivity contribution in [3.05, 3.63) is 6.92 Å². The van der Waals surface area contributed by atoms with Crippen LogP contribution in [-0.2, 0) is 9.53 Å². The molecule has 1 heterocycles. The number of Topliss-reactive ketones (excluding diaryl/α,β-unsaturated/α-hetero) is 1. The maximum absolute atomic E-state index is 10.5. The highest BCUT2D eigenvalue weighted by molar-refractivity contribution is 5.79. The number of carbonyl (C=O) groups is 1. The molecule has 1 aliphatic rings. The summed E-state index contributed by atoms with van der Waals surface area (Å²) in [6.07, 6.45) is 1.22. The first-order valence-corrected chi connectivity index (χ1v) is 2.75. The molecular weight excluding hydrogens is 104 g/mol. The van der Waals surface area contributed by atoms with E-state index >= 15 is 0 Å². The second-order valence-electron chi connectivity index (χ2n) is 1.95. The van der Waals surface area contributed by atoms with Gasteiger partial charge in [0.15, 0.2) is 0 Å². The third-order valence-electron chi connectivity index (χ3n) is 1.14. The van der Waals surface area contributed by atoms with E-state index in [0.717, 1.165) is 6.61 Å². The summed E-state index contributed by atoms with van der Waals surface area (Å²) < 4.78 is 4.83. The molecule has 0 amide bonds. The number of ether oxygens (including phenoxy) is 1. The Bertz CT molecular complexity index is 94.7. The Morgan fingerprint density at radius 1 is 1.88 bits per heavy atom. The molecule has 0 saturated carbocycles. The highest BCUT2D eigenvalue weighted by atomic mass is 16.6. The highest BCUT2D eigenvalue weighted by Gasteiger charge is 2.24. The largest absolute Gasteiger partial charge is 0.373 e. The predicted octanol–water partition coefficient (Wildman–Crippen LogP) is 0.569. The molecule has 2 nitrogen and oxygen atoms in total. The molecule has 0 N–H and O–H groups in total. The zero-order valence-electron chi connectivity index (χ0n) is 4.72. The van der Waals surface area contributed by atoms with Crippen LogP contribution in [0.1, 0.15) is 12.8 Å². The molecule has 1 unspecified atom stereocenters. The lowest BCUT2D eigenvalue weighted by molar-refractivity contribution is -0.118. The highest BCUT2D eigenvalue weighted by Crippen LogP contribution is 2.13. The van der Waals surface area contributed by atoms with Crippen molar-refractivity contribution in [2.75, 3.05) is 6.61 Å². The Hall–Kier alpha value is -0.370. The first-order valence-electron chi connectivity index (χ1n) is 2.75. The van der Waals surface area contributed by atoms with Crippen molar-refractivity contribution in [2.45, 2.75) is 18.9 Å². The number of rotatable bonds is 3. The summed E-state index contributed by atoms with van der Waals surface area (Å²) in [6.45, 7) is 4.23. The summed E-state index contributed by atoms with van der Waals surface area (Å²) in [5, 5.41) is 0. The topological polar surface area (TPSA) is 29.6 Å². The third kappa shape index (κ3) is 1.62. The molecule has 1 radical (unpaired) electrons. The molecule has 0 aromatic rings. The van der Waals surface area contributed by atoms with Crippen LogP contribution in [0.5, 0.6) is 0 Å². The van der Waals surface area contributed by atoms with Crippen molar-refractivity contribution >= 4 is 5.78 Å². The lowest BCUT2D eigenvalue weighted by atomic mass is 10.2. The molecule has 1 fully saturated rings. The van der Waals surface area contributed by atoms with Gasteiger partial charge in [-0.3, -0.25) is 4.79 Å². The second kappa shape index (κ2) is 2.27. The number of ketones is 1. The van der Waals surface area contributed by atoms with Gasteiger partial charge in [-0.25, -0.2) is 0 Å². The molecule has 1 saturated heterocycles. The second-order valence-corrected chi connectivity index (χ2v) is 1.95. The van der Waals surface area contributed by atoms with Gasteiger partial charge in [0.25, 0.3) is 0 Å². The fourth-order valence-electron chi connectivity index (χ4n) is 0.542. The van der Waals surface area contributed by atoms with E-state index in [4.69, 9.17) is 4.74 Å². The first-order chi connectivity index (χ1) is 3.83. The Labute approximate surface area is 48.8 Å². The average Bonchev–Trinajstić information content (AvgIpc) is 2.50. The maximum Gasteiger partial charge on any atom is 0.135 e. The van der Waals surface area contributed by atoms with E-state index in [9.17, 15) is 4.79 Å². The molecule has 8 heavy (non-hydrogen) atoms. The van der Waals surface area contributed by atoms with E-state index in [1.807, 2.05) is 0 Å². The zero-order valence-corrected chi connectivity index (χ0v) is 4.72. The van der Waals surface area contributed by atoms with Gasteiger partial charge in [0.05, 0.1) is 12.7 Å². The SMILES string of the molecule is [CH2]CC(=O)CC1CO1. The zero-order chi connectivity index (χ0) is 5.98. The minimum Gasteiger partial charge on any atom is -0.373 e. The molecule has 1 rings (SSSR count). The number of epoxide rings is 1. The van der Waals surface area contributed by atoms with Gasteiger partial charge < -0.3 is 4.74 Å². The quantitative estimate of drug-likeness (QED) is 0.501. The standard InChI is InChI=1S/C6H9O2/c1-2-5(7)3-6-4-8-6/h6H,1-4H2. The summed E-state index contributed by atoms with van der Waals surface area (Å²) in [4.78, 5) is 10.5. The van der Waals surface area contributed by atoms with Crippen LogP contribution in [0.2, 0.25) is 0 Å². The Kier molecular flexibility index (Phi) is 1.63. The molecule has 0 spiro atoms. The van der Waals surface area contributed by atoms with Crippen molar-refractivity contribution in [1.82, 2.24) is 0 Å². The Balaban J connectivity index is 2.07. The van der Waals surface area contributed by atoms with E-state index in [1.54, 1.807) is 0 Å². The van der Waals surface area contributed by atoms with Crippen molar-refractivity contribution in [2.24, 2.45) is 0 Å². The normalized spacial score (nSPS) is 25.4. The van der Waals surface area contributed by atoms with Crippen LogP contribution in [0.4, 0.5) is 0 Å². The smallest absolute Gasteiger partial charge is 0.135 e. The van der Waals surface area contributed by atoms with Gasteiger partial charge in [0.2, 0.25) is 0 Å². The van der Waals surface area contributed by atoms with E-state index in [-0.39, 0.29) is 11.9 Å². The predicted molar refractivity (Wildman–Crippen MR) is 29.3 cm³/mol. The maximum atomic E-state index is 10.5. The lowest BCUT2D eigenvalue weighted by Crippen LogP contribution is -1.99. The van der Waals surface area contributed by atoms with Gasteiger partial charge in [-0.2, -0.15) is 0 Å². The molecular formula is C6H9O2. The monoisotopic (exact) mass is 113 g/mol. The van der Waals surface area contributed by atoms with Crippen molar-refractivity contribution in [3.8, 4) is 0 Å². The van der Waals surface area contributed by atoms with Crippen molar-refractivity contribution in [3.63, 3.8) is 0 Å². The van der Waals surface area contributed by atoms with Crippen LogP contribution in [0, 0.1) is 6.92 Å².